The highest BCUT2D eigenvalue weighted by atomic mass is 16.3. The second-order valence-electron chi connectivity index (χ2n) is 2.83. The molecule has 70 valence electrons. The molecule has 2 rings (SSSR count). The van der Waals surface area contributed by atoms with Crippen LogP contribution >= 0.6 is 0 Å². The largest absolute Gasteiger partial charge is 0.463 e. The third-order valence-corrected chi connectivity index (χ3v) is 1.79. The molecule has 0 aliphatic carbocycles. The fourth-order valence-corrected chi connectivity index (χ4v) is 1.14. The zero-order valence-electron chi connectivity index (χ0n) is 7.47. The standard InChI is InChI=1S/C10H9N3O/c11-9(10-2-1-5-14-10)6-8-7-12-3-4-13-8/h1-5,7,11H,6H2. The third-order valence-electron chi connectivity index (χ3n) is 1.79. The molecule has 1 N–H and O–H groups in total. The zero-order chi connectivity index (χ0) is 9.80. The van der Waals surface area contributed by atoms with Gasteiger partial charge in [-0.25, -0.2) is 0 Å². The maximum atomic E-state index is 7.72. The molecule has 0 saturated heterocycles. The van der Waals surface area contributed by atoms with Crippen molar-refractivity contribution in [3.8, 4) is 0 Å². The lowest BCUT2D eigenvalue weighted by Crippen LogP contribution is -2.03. The highest BCUT2D eigenvalue weighted by Crippen LogP contribution is 2.04. The molecule has 0 unspecified atom stereocenters. The van der Waals surface area contributed by atoms with Crippen LogP contribution in [0, 0.1) is 5.41 Å². The minimum absolute atomic E-state index is 0.413. The average Bonchev–Trinajstić information content (AvgIpc) is 2.72. The topological polar surface area (TPSA) is 62.8 Å². The van der Waals surface area contributed by atoms with E-state index in [1.165, 1.54) is 0 Å². The normalized spacial score (nSPS) is 10.0. The Labute approximate surface area is 81.1 Å². The lowest BCUT2D eigenvalue weighted by molar-refractivity contribution is 0.555. The van der Waals surface area contributed by atoms with Crippen molar-refractivity contribution in [1.29, 1.82) is 5.41 Å². The Kier molecular flexibility index (Phi) is 2.36. The monoisotopic (exact) mass is 187 g/mol. The third kappa shape index (κ3) is 1.85. The molecule has 14 heavy (non-hydrogen) atoms. The molecule has 4 heteroatoms. The highest BCUT2D eigenvalue weighted by Gasteiger charge is 2.05. The first-order valence-electron chi connectivity index (χ1n) is 4.22. The SMILES string of the molecule is N=C(Cc1cnccn1)c1ccco1. The Morgan fingerprint density at radius 3 is 3.00 bits per heavy atom. The smallest absolute Gasteiger partial charge is 0.147 e. The van der Waals surface area contributed by atoms with Crippen LogP contribution in [0.1, 0.15) is 11.5 Å². The van der Waals surface area contributed by atoms with Gasteiger partial charge in [0.05, 0.1) is 17.7 Å². The molecule has 2 aromatic heterocycles. The van der Waals surface area contributed by atoms with Crippen molar-refractivity contribution in [2.24, 2.45) is 0 Å². The van der Waals surface area contributed by atoms with E-state index in [2.05, 4.69) is 9.97 Å². The molecule has 0 aliphatic rings. The van der Waals surface area contributed by atoms with Gasteiger partial charge in [0.1, 0.15) is 5.76 Å². The first-order chi connectivity index (χ1) is 6.86. The van der Waals surface area contributed by atoms with E-state index in [1.54, 1.807) is 37.0 Å². The van der Waals surface area contributed by atoms with E-state index in [1.807, 2.05) is 0 Å². The van der Waals surface area contributed by atoms with Crippen LogP contribution in [-0.4, -0.2) is 15.7 Å². The van der Waals surface area contributed by atoms with Crippen LogP contribution in [0.4, 0.5) is 0 Å². The van der Waals surface area contributed by atoms with E-state index < -0.39 is 0 Å². The van der Waals surface area contributed by atoms with Crippen LogP contribution < -0.4 is 0 Å². The molecule has 2 heterocycles. The van der Waals surface area contributed by atoms with E-state index in [4.69, 9.17) is 9.83 Å². The van der Waals surface area contributed by atoms with Gasteiger partial charge in [0, 0.05) is 25.0 Å². The maximum Gasteiger partial charge on any atom is 0.147 e. The number of hydrogen-bond donors (Lipinski definition) is 1. The van der Waals surface area contributed by atoms with Gasteiger partial charge < -0.3 is 9.83 Å². The summed E-state index contributed by atoms with van der Waals surface area (Å²) in [7, 11) is 0. The fraction of sp³-hybridized carbons (Fsp3) is 0.100. The minimum Gasteiger partial charge on any atom is -0.463 e. The highest BCUT2D eigenvalue weighted by molar-refractivity contribution is 5.96. The van der Waals surface area contributed by atoms with Crippen molar-refractivity contribution in [3.05, 3.63) is 48.4 Å². The molecular formula is C10H9N3O. The summed E-state index contributed by atoms with van der Waals surface area (Å²) in [5.41, 5.74) is 1.18. The minimum atomic E-state index is 0.413. The quantitative estimate of drug-likeness (QED) is 0.743. The van der Waals surface area contributed by atoms with Gasteiger partial charge in [-0.3, -0.25) is 9.97 Å². The number of rotatable bonds is 3. The number of hydrogen-bond acceptors (Lipinski definition) is 4. The van der Waals surface area contributed by atoms with Gasteiger partial charge in [-0.15, -0.1) is 0 Å². The van der Waals surface area contributed by atoms with Crippen LogP contribution in [0.2, 0.25) is 0 Å². The lowest BCUT2D eigenvalue weighted by atomic mass is 10.2. The molecule has 4 nitrogen and oxygen atoms in total. The molecular weight excluding hydrogens is 178 g/mol. The van der Waals surface area contributed by atoms with E-state index in [0.29, 0.717) is 17.9 Å². The molecule has 0 saturated carbocycles. The van der Waals surface area contributed by atoms with Crippen LogP contribution in [0.3, 0.4) is 0 Å². The van der Waals surface area contributed by atoms with Gasteiger partial charge in [-0.2, -0.15) is 0 Å². The van der Waals surface area contributed by atoms with E-state index >= 15 is 0 Å². The maximum absolute atomic E-state index is 7.72. The number of nitrogens with one attached hydrogen (secondary N) is 1. The molecule has 0 fully saturated rings. The molecule has 0 bridgehead atoms. The van der Waals surface area contributed by atoms with E-state index in [-0.39, 0.29) is 0 Å². The van der Waals surface area contributed by atoms with Crippen molar-refractivity contribution < 1.29 is 4.42 Å². The van der Waals surface area contributed by atoms with Gasteiger partial charge in [0.2, 0.25) is 0 Å². The average molecular weight is 187 g/mol. The van der Waals surface area contributed by atoms with Crippen molar-refractivity contribution >= 4 is 5.71 Å². The Morgan fingerprint density at radius 1 is 1.43 bits per heavy atom. The molecule has 0 spiro atoms. The summed E-state index contributed by atoms with van der Waals surface area (Å²) >= 11 is 0. The van der Waals surface area contributed by atoms with E-state index in [9.17, 15) is 0 Å². The molecule has 0 amide bonds. The van der Waals surface area contributed by atoms with Crippen molar-refractivity contribution in [2.45, 2.75) is 6.42 Å². The summed E-state index contributed by atoms with van der Waals surface area (Å²) < 4.78 is 5.09. The lowest BCUT2D eigenvalue weighted by Gasteiger charge is -1.98. The zero-order valence-corrected chi connectivity index (χ0v) is 7.47. The summed E-state index contributed by atoms with van der Waals surface area (Å²) in [4.78, 5) is 8.01. The number of furan rings is 1. The van der Waals surface area contributed by atoms with Crippen LogP contribution in [0.15, 0.2) is 41.4 Å². The molecule has 0 radical (unpaired) electrons. The molecule has 0 atom stereocenters. The van der Waals surface area contributed by atoms with Crippen molar-refractivity contribution in [3.63, 3.8) is 0 Å². The summed E-state index contributed by atoms with van der Waals surface area (Å²) in [5, 5.41) is 7.72. The van der Waals surface area contributed by atoms with Gasteiger partial charge in [-0.05, 0) is 12.1 Å². The second kappa shape index (κ2) is 3.83. The molecule has 2 aromatic rings. The Bertz CT molecular complexity index is 408. The van der Waals surface area contributed by atoms with Crippen molar-refractivity contribution in [2.75, 3.05) is 0 Å². The van der Waals surface area contributed by atoms with Crippen LogP contribution in [0.25, 0.3) is 0 Å². The Morgan fingerprint density at radius 2 is 2.36 bits per heavy atom. The summed E-state index contributed by atoms with van der Waals surface area (Å²) in [6.07, 6.45) is 6.88. The first-order valence-corrected chi connectivity index (χ1v) is 4.22. The van der Waals surface area contributed by atoms with Gasteiger partial charge in [0.25, 0.3) is 0 Å². The number of nitrogens with zero attached hydrogens (tertiary/aromatic N) is 2. The number of aromatic nitrogens is 2. The van der Waals surface area contributed by atoms with Gasteiger partial charge in [0.15, 0.2) is 0 Å². The van der Waals surface area contributed by atoms with Crippen molar-refractivity contribution in [1.82, 2.24) is 9.97 Å². The first kappa shape index (κ1) is 8.62. The fourth-order valence-electron chi connectivity index (χ4n) is 1.14. The molecule has 0 aliphatic heterocycles. The predicted molar refractivity (Wildman–Crippen MR) is 51.3 cm³/mol. The Hall–Kier alpha value is -1.97. The predicted octanol–water partition coefficient (Wildman–Crippen LogP) is 1.68. The van der Waals surface area contributed by atoms with Crippen LogP contribution in [0.5, 0.6) is 0 Å². The van der Waals surface area contributed by atoms with E-state index in [0.717, 1.165) is 5.69 Å². The van der Waals surface area contributed by atoms with Crippen LogP contribution in [-0.2, 0) is 6.42 Å². The van der Waals surface area contributed by atoms with Gasteiger partial charge in [-0.1, -0.05) is 0 Å². The Balaban J connectivity index is 2.10. The second-order valence-corrected chi connectivity index (χ2v) is 2.83. The van der Waals surface area contributed by atoms with Gasteiger partial charge >= 0.3 is 0 Å². The summed E-state index contributed by atoms with van der Waals surface area (Å²) in [6, 6.07) is 3.53. The summed E-state index contributed by atoms with van der Waals surface area (Å²) in [5.74, 6) is 0.579. The molecule has 0 aromatic carbocycles. The summed E-state index contributed by atoms with van der Waals surface area (Å²) in [6.45, 7) is 0.